The smallest absolute Gasteiger partial charge is 0.0331 e. The number of likely N-dealkylation sites (N-methyl/N-ethyl adjacent to an activating group) is 1. The summed E-state index contributed by atoms with van der Waals surface area (Å²) in [6, 6.07) is 5.24. The summed E-state index contributed by atoms with van der Waals surface area (Å²) < 4.78 is 0. The summed E-state index contributed by atoms with van der Waals surface area (Å²) in [5.41, 5.74) is 0. The lowest BCUT2D eigenvalue weighted by molar-refractivity contribution is 0.196. The number of rotatable bonds is 5. The van der Waals surface area contributed by atoms with Gasteiger partial charge in [-0.3, -0.25) is 4.90 Å². The molecule has 0 aromatic carbocycles. The van der Waals surface area contributed by atoms with Crippen molar-refractivity contribution in [2.75, 3.05) is 33.2 Å². The Balaban J connectivity index is 1.90. The van der Waals surface area contributed by atoms with E-state index >= 15 is 0 Å². The van der Waals surface area contributed by atoms with Crippen molar-refractivity contribution >= 4 is 11.3 Å². The number of thiophene rings is 1. The van der Waals surface area contributed by atoms with Crippen molar-refractivity contribution in [2.24, 2.45) is 0 Å². The fraction of sp³-hybridized carbons (Fsp3) is 0.733. The van der Waals surface area contributed by atoms with Gasteiger partial charge in [-0.2, -0.15) is 0 Å². The Hall–Kier alpha value is -0.420. The third-order valence-corrected chi connectivity index (χ3v) is 4.88. The summed E-state index contributed by atoms with van der Waals surface area (Å²) in [4.78, 5) is 8.04. The Labute approximate surface area is 121 Å². The molecule has 2 rings (SSSR count). The van der Waals surface area contributed by atoms with E-state index < -0.39 is 0 Å². The van der Waals surface area contributed by atoms with Gasteiger partial charge >= 0.3 is 0 Å². The molecule has 0 amide bonds. The van der Waals surface area contributed by atoms with Gasteiger partial charge in [-0.25, -0.2) is 0 Å². The zero-order valence-corrected chi connectivity index (χ0v) is 13.3. The van der Waals surface area contributed by atoms with Gasteiger partial charge in [0.2, 0.25) is 0 Å². The maximum atomic E-state index is 3.40. The van der Waals surface area contributed by atoms with Crippen LogP contribution in [0.25, 0.3) is 0 Å². The van der Waals surface area contributed by atoms with Crippen LogP contribution in [0.4, 0.5) is 0 Å². The lowest BCUT2D eigenvalue weighted by Gasteiger charge is -2.27. The third kappa shape index (κ3) is 4.56. The molecule has 0 saturated carbocycles. The summed E-state index contributed by atoms with van der Waals surface area (Å²) in [6.45, 7) is 11.3. The molecule has 3 nitrogen and oxygen atoms in total. The van der Waals surface area contributed by atoms with Crippen molar-refractivity contribution in [1.82, 2.24) is 15.1 Å². The average molecular weight is 281 g/mol. The van der Waals surface area contributed by atoms with Crippen LogP contribution in [-0.4, -0.2) is 49.1 Å². The monoisotopic (exact) mass is 281 g/mol. The summed E-state index contributed by atoms with van der Waals surface area (Å²) >= 11 is 1.96. The largest absolute Gasteiger partial charge is 0.312 e. The molecule has 1 aliphatic rings. The molecule has 1 aliphatic heterocycles. The third-order valence-electron chi connectivity index (χ3n) is 3.81. The summed E-state index contributed by atoms with van der Waals surface area (Å²) in [5.74, 6) is 0. The minimum atomic E-state index is 0.659. The van der Waals surface area contributed by atoms with Crippen molar-refractivity contribution in [3.05, 3.63) is 21.9 Å². The minimum Gasteiger partial charge on any atom is -0.312 e. The maximum Gasteiger partial charge on any atom is 0.0331 e. The Morgan fingerprint density at radius 1 is 1.32 bits per heavy atom. The number of hydrogen-bond acceptors (Lipinski definition) is 4. The van der Waals surface area contributed by atoms with Crippen LogP contribution < -0.4 is 5.32 Å². The van der Waals surface area contributed by atoms with Gasteiger partial charge in [0.25, 0.3) is 0 Å². The first-order valence-corrected chi connectivity index (χ1v) is 8.21. The number of hydrogen-bond donors (Lipinski definition) is 1. The van der Waals surface area contributed by atoms with E-state index in [1.807, 2.05) is 11.3 Å². The molecule has 1 saturated heterocycles. The van der Waals surface area contributed by atoms with Gasteiger partial charge in [-0.05, 0) is 45.6 Å². The molecule has 1 aromatic heterocycles. The molecule has 1 atom stereocenters. The Morgan fingerprint density at radius 3 is 2.89 bits per heavy atom. The molecule has 19 heavy (non-hydrogen) atoms. The molecule has 1 unspecified atom stereocenters. The fourth-order valence-electron chi connectivity index (χ4n) is 2.71. The Morgan fingerprint density at radius 2 is 2.11 bits per heavy atom. The van der Waals surface area contributed by atoms with Gasteiger partial charge < -0.3 is 10.2 Å². The van der Waals surface area contributed by atoms with Crippen LogP contribution in [0.3, 0.4) is 0 Å². The second-order valence-corrected chi connectivity index (χ2v) is 6.84. The second kappa shape index (κ2) is 7.39. The highest BCUT2D eigenvalue weighted by atomic mass is 32.1. The van der Waals surface area contributed by atoms with Gasteiger partial charge in [0.15, 0.2) is 0 Å². The standard InChI is InChI=1S/C15H27N3S/c1-4-16-10-14-6-7-15(19-14)12-18-9-5-8-17(3)11-13(18)2/h6-7,13,16H,4-5,8-12H2,1-3H3. The van der Waals surface area contributed by atoms with E-state index in [4.69, 9.17) is 0 Å². The van der Waals surface area contributed by atoms with E-state index in [0.717, 1.165) is 19.6 Å². The average Bonchev–Trinajstić information content (AvgIpc) is 2.76. The molecular weight excluding hydrogens is 254 g/mol. The van der Waals surface area contributed by atoms with E-state index in [0.29, 0.717) is 6.04 Å². The van der Waals surface area contributed by atoms with Gasteiger partial charge in [0.1, 0.15) is 0 Å². The molecule has 1 N–H and O–H groups in total. The normalized spacial score (nSPS) is 22.6. The Bertz CT molecular complexity index is 377. The van der Waals surface area contributed by atoms with Gasteiger partial charge in [-0.1, -0.05) is 6.92 Å². The molecule has 0 radical (unpaired) electrons. The molecular formula is C15H27N3S. The first kappa shape index (κ1) is 15.0. The molecule has 0 aliphatic carbocycles. The first-order valence-electron chi connectivity index (χ1n) is 7.40. The summed E-state index contributed by atoms with van der Waals surface area (Å²) in [7, 11) is 2.24. The van der Waals surface area contributed by atoms with Gasteiger partial charge in [0, 0.05) is 42.0 Å². The molecule has 0 bridgehead atoms. The van der Waals surface area contributed by atoms with Crippen molar-refractivity contribution in [1.29, 1.82) is 0 Å². The van der Waals surface area contributed by atoms with E-state index in [1.54, 1.807) is 0 Å². The van der Waals surface area contributed by atoms with Crippen molar-refractivity contribution in [3.63, 3.8) is 0 Å². The quantitative estimate of drug-likeness (QED) is 0.894. The number of nitrogens with zero attached hydrogens (tertiary/aromatic N) is 2. The van der Waals surface area contributed by atoms with E-state index in [9.17, 15) is 0 Å². The molecule has 1 aromatic rings. The highest BCUT2D eigenvalue weighted by molar-refractivity contribution is 7.11. The summed E-state index contributed by atoms with van der Waals surface area (Å²) in [6.07, 6.45) is 1.29. The van der Waals surface area contributed by atoms with E-state index in [2.05, 4.69) is 48.1 Å². The SMILES string of the molecule is CCNCc1ccc(CN2CCCN(C)CC2C)s1. The van der Waals surface area contributed by atoms with Gasteiger partial charge in [-0.15, -0.1) is 11.3 Å². The molecule has 4 heteroatoms. The molecule has 0 spiro atoms. The van der Waals surface area contributed by atoms with Crippen molar-refractivity contribution in [2.45, 2.75) is 39.4 Å². The van der Waals surface area contributed by atoms with Crippen LogP contribution >= 0.6 is 11.3 Å². The predicted octanol–water partition coefficient (Wildman–Crippen LogP) is 2.38. The second-order valence-electron chi connectivity index (χ2n) is 5.58. The van der Waals surface area contributed by atoms with Gasteiger partial charge in [0.05, 0.1) is 0 Å². The van der Waals surface area contributed by atoms with E-state index in [-0.39, 0.29) is 0 Å². The lowest BCUT2D eigenvalue weighted by atomic mass is 10.2. The first-order chi connectivity index (χ1) is 9.19. The highest BCUT2D eigenvalue weighted by Gasteiger charge is 2.19. The van der Waals surface area contributed by atoms with Crippen LogP contribution in [0.1, 0.15) is 30.0 Å². The highest BCUT2D eigenvalue weighted by Crippen LogP contribution is 2.20. The predicted molar refractivity (Wildman–Crippen MR) is 83.7 cm³/mol. The topological polar surface area (TPSA) is 18.5 Å². The van der Waals surface area contributed by atoms with Crippen LogP contribution in [-0.2, 0) is 13.1 Å². The van der Waals surface area contributed by atoms with Crippen LogP contribution in [0.2, 0.25) is 0 Å². The summed E-state index contributed by atoms with van der Waals surface area (Å²) in [5, 5.41) is 3.40. The zero-order valence-electron chi connectivity index (χ0n) is 12.5. The van der Waals surface area contributed by atoms with Crippen molar-refractivity contribution in [3.8, 4) is 0 Å². The lowest BCUT2D eigenvalue weighted by Crippen LogP contribution is -2.37. The number of nitrogens with one attached hydrogen (secondary N) is 1. The minimum absolute atomic E-state index is 0.659. The fourth-order valence-corrected chi connectivity index (χ4v) is 3.72. The van der Waals surface area contributed by atoms with E-state index in [1.165, 1.54) is 35.8 Å². The molecule has 1 fully saturated rings. The van der Waals surface area contributed by atoms with Crippen molar-refractivity contribution < 1.29 is 0 Å². The molecule has 2 heterocycles. The van der Waals surface area contributed by atoms with Crippen LogP contribution in [0.5, 0.6) is 0 Å². The van der Waals surface area contributed by atoms with Crippen LogP contribution in [0, 0.1) is 0 Å². The molecule has 108 valence electrons. The van der Waals surface area contributed by atoms with Crippen LogP contribution in [0.15, 0.2) is 12.1 Å². The Kier molecular flexibility index (Phi) is 5.82. The zero-order chi connectivity index (χ0) is 13.7. The maximum absolute atomic E-state index is 3.40.